The number of hydrogen-bond donors (Lipinski definition) is 1. The number of rotatable bonds is 3. The Labute approximate surface area is 119 Å². The first-order valence-corrected chi connectivity index (χ1v) is 8.69. The average Bonchev–Trinajstić information content (AvgIpc) is 2.88. The number of fused-ring (bicyclic) bond motifs is 1. The molecule has 0 bridgehead atoms. The van der Waals surface area contributed by atoms with E-state index in [1.54, 1.807) is 0 Å². The lowest BCUT2D eigenvalue weighted by Crippen LogP contribution is -2.49. The van der Waals surface area contributed by atoms with E-state index in [0.717, 1.165) is 29.8 Å². The minimum absolute atomic E-state index is 0.776. The molecule has 1 heterocycles. The van der Waals surface area contributed by atoms with Crippen LogP contribution < -0.4 is 5.32 Å². The van der Waals surface area contributed by atoms with Crippen molar-refractivity contribution < 1.29 is 0 Å². The molecule has 0 spiro atoms. The molecule has 3 rings (SSSR count). The Morgan fingerprint density at radius 3 is 2.74 bits per heavy atom. The number of nitrogens with one attached hydrogen (secondary N) is 1. The highest BCUT2D eigenvalue weighted by molar-refractivity contribution is 4.92. The van der Waals surface area contributed by atoms with Crippen molar-refractivity contribution in [3.05, 3.63) is 0 Å². The molecule has 0 aromatic carbocycles. The summed E-state index contributed by atoms with van der Waals surface area (Å²) in [5.41, 5.74) is 0. The van der Waals surface area contributed by atoms with Crippen LogP contribution in [-0.4, -0.2) is 37.1 Å². The minimum Gasteiger partial charge on any atom is -0.317 e. The summed E-state index contributed by atoms with van der Waals surface area (Å²) in [6, 6.07) is 1.72. The third-order valence-corrected chi connectivity index (χ3v) is 6.19. The highest BCUT2D eigenvalue weighted by Crippen LogP contribution is 2.38. The van der Waals surface area contributed by atoms with Crippen LogP contribution in [0.15, 0.2) is 0 Å². The molecule has 5 unspecified atom stereocenters. The van der Waals surface area contributed by atoms with Crippen molar-refractivity contribution in [1.82, 2.24) is 10.2 Å². The van der Waals surface area contributed by atoms with Gasteiger partial charge in [-0.1, -0.05) is 13.3 Å². The summed E-state index contributed by atoms with van der Waals surface area (Å²) in [5.74, 6) is 2.88. The lowest BCUT2D eigenvalue weighted by molar-refractivity contribution is 0.0694. The Balaban J connectivity index is 1.62. The SMILES string of the molecule is CNC1CCC(C)CC1CN1CCCC2CCCC21. The second-order valence-electron chi connectivity index (χ2n) is 7.47. The molecule has 19 heavy (non-hydrogen) atoms. The second kappa shape index (κ2) is 6.13. The Morgan fingerprint density at radius 2 is 1.89 bits per heavy atom. The van der Waals surface area contributed by atoms with Crippen LogP contribution in [0, 0.1) is 17.8 Å². The topological polar surface area (TPSA) is 15.3 Å². The van der Waals surface area contributed by atoms with Gasteiger partial charge in [-0.15, -0.1) is 0 Å². The fraction of sp³-hybridized carbons (Fsp3) is 1.00. The first-order valence-electron chi connectivity index (χ1n) is 8.69. The van der Waals surface area contributed by atoms with Crippen LogP contribution in [0.5, 0.6) is 0 Å². The number of hydrogen-bond acceptors (Lipinski definition) is 2. The Morgan fingerprint density at radius 1 is 1.05 bits per heavy atom. The molecule has 2 aliphatic carbocycles. The van der Waals surface area contributed by atoms with E-state index in [2.05, 4.69) is 24.2 Å². The van der Waals surface area contributed by atoms with Gasteiger partial charge in [0.2, 0.25) is 0 Å². The van der Waals surface area contributed by atoms with E-state index in [4.69, 9.17) is 0 Å². The average molecular weight is 264 g/mol. The standard InChI is InChI=1S/C17H32N2/c1-13-8-9-16(18-2)15(11-13)12-19-10-4-6-14-5-3-7-17(14)19/h13-18H,3-12H2,1-2H3. The molecule has 0 aromatic rings. The summed E-state index contributed by atoms with van der Waals surface area (Å²) in [6.07, 6.45) is 11.7. The predicted molar refractivity (Wildman–Crippen MR) is 81.3 cm³/mol. The van der Waals surface area contributed by atoms with Crippen molar-refractivity contribution in [2.24, 2.45) is 17.8 Å². The minimum atomic E-state index is 0.776. The fourth-order valence-corrected chi connectivity index (χ4v) is 5.17. The van der Waals surface area contributed by atoms with Gasteiger partial charge < -0.3 is 5.32 Å². The van der Waals surface area contributed by atoms with E-state index in [-0.39, 0.29) is 0 Å². The molecule has 3 aliphatic rings. The molecule has 0 amide bonds. The predicted octanol–water partition coefficient (Wildman–Crippen LogP) is 3.28. The maximum absolute atomic E-state index is 3.60. The van der Waals surface area contributed by atoms with E-state index in [0.29, 0.717) is 0 Å². The lowest BCUT2D eigenvalue weighted by atomic mass is 9.78. The van der Waals surface area contributed by atoms with E-state index in [1.165, 1.54) is 64.5 Å². The zero-order valence-corrected chi connectivity index (χ0v) is 12.9. The van der Waals surface area contributed by atoms with Gasteiger partial charge in [0.1, 0.15) is 0 Å². The van der Waals surface area contributed by atoms with Crippen LogP contribution >= 0.6 is 0 Å². The molecule has 1 saturated heterocycles. The van der Waals surface area contributed by atoms with Crippen LogP contribution in [-0.2, 0) is 0 Å². The third-order valence-electron chi connectivity index (χ3n) is 6.19. The van der Waals surface area contributed by atoms with Crippen LogP contribution in [0.3, 0.4) is 0 Å². The Bertz CT molecular complexity index is 291. The zero-order chi connectivity index (χ0) is 13.2. The maximum Gasteiger partial charge on any atom is 0.0124 e. The van der Waals surface area contributed by atoms with Crippen LogP contribution in [0.4, 0.5) is 0 Å². The van der Waals surface area contributed by atoms with Crippen molar-refractivity contribution >= 4 is 0 Å². The van der Waals surface area contributed by atoms with Crippen LogP contribution in [0.25, 0.3) is 0 Å². The first kappa shape index (κ1) is 13.9. The van der Waals surface area contributed by atoms with Crippen LogP contribution in [0.2, 0.25) is 0 Å². The van der Waals surface area contributed by atoms with Crippen LogP contribution in [0.1, 0.15) is 58.3 Å². The summed E-state index contributed by atoms with van der Waals surface area (Å²) < 4.78 is 0. The summed E-state index contributed by atoms with van der Waals surface area (Å²) >= 11 is 0. The normalized spacial score (nSPS) is 44.2. The van der Waals surface area contributed by atoms with Gasteiger partial charge in [-0.05, 0) is 76.3 Å². The number of piperidine rings is 1. The summed E-state index contributed by atoms with van der Waals surface area (Å²) in [5, 5.41) is 3.60. The van der Waals surface area contributed by atoms with E-state index in [9.17, 15) is 0 Å². The highest BCUT2D eigenvalue weighted by Gasteiger charge is 2.37. The molecule has 2 nitrogen and oxygen atoms in total. The molecule has 1 aliphatic heterocycles. The molecule has 0 radical (unpaired) electrons. The van der Waals surface area contributed by atoms with Gasteiger partial charge in [-0.3, -0.25) is 4.90 Å². The second-order valence-corrected chi connectivity index (χ2v) is 7.47. The van der Waals surface area contributed by atoms with Crippen molar-refractivity contribution in [3.8, 4) is 0 Å². The van der Waals surface area contributed by atoms with Crippen molar-refractivity contribution in [2.45, 2.75) is 70.4 Å². The number of nitrogens with zero attached hydrogens (tertiary/aromatic N) is 1. The molecular formula is C17H32N2. The van der Waals surface area contributed by atoms with Gasteiger partial charge in [0.05, 0.1) is 0 Å². The quantitative estimate of drug-likeness (QED) is 0.841. The Kier molecular flexibility index (Phi) is 4.48. The van der Waals surface area contributed by atoms with E-state index >= 15 is 0 Å². The highest BCUT2D eigenvalue weighted by atomic mass is 15.2. The lowest BCUT2D eigenvalue weighted by Gasteiger charge is -2.43. The zero-order valence-electron chi connectivity index (χ0n) is 12.9. The molecule has 3 fully saturated rings. The molecule has 2 heteroatoms. The smallest absolute Gasteiger partial charge is 0.0124 e. The largest absolute Gasteiger partial charge is 0.317 e. The van der Waals surface area contributed by atoms with Gasteiger partial charge >= 0.3 is 0 Å². The van der Waals surface area contributed by atoms with Gasteiger partial charge in [0, 0.05) is 18.6 Å². The van der Waals surface area contributed by atoms with Gasteiger partial charge in [-0.2, -0.15) is 0 Å². The van der Waals surface area contributed by atoms with Gasteiger partial charge in [0.15, 0.2) is 0 Å². The third kappa shape index (κ3) is 3.00. The summed E-state index contributed by atoms with van der Waals surface area (Å²) in [6.45, 7) is 5.20. The molecule has 1 N–H and O–H groups in total. The van der Waals surface area contributed by atoms with Gasteiger partial charge in [-0.25, -0.2) is 0 Å². The van der Waals surface area contributed by atoms with Crippen molar-refractivity contribution in [3.63, 3.8) is 0 Å². The van der Waals surface area contributed by atoms with E-state index in [1.807, 2.05) is 0 Å². The van der Waals surface area contributed by atoms with Gasteiger partial charge in [0.25, 0.3) is 0 Å². The van der Waals surface area contributed by atoms with E-state index < -0.39 is 0 Å². The molecule has 110 valence electrons. The summed E-state index contributed by atoms with van der Waals surface area (Å²) in [7, 11) is 2.17. The first-order chi connectivity index (χ1) is 9.28. The van der Waals surface area contributed by atoms with Crippen molar-refractivity contribution in [2.75, 3.05) is 20.1 Å². The summed E-state index contributed by atoms with van der Waals surface area (Å²) in [4.78, 5) is 2.88. The molecule has 5 atom stereocenters. The molecule has 0 aromatic heterocycles. The Hall–Kier alpha value is -0.0800. The van der Waals surface area contributed by atoms with Crippen molar-refractivity contribution in [1.29, 1.82) is 0 Å². The molecular weight excluding hydrogens is 232 g/mol. The maximum atomic E-state index is 3.60. The fourth-order valence-electron chi connectivity index (χ4n) is 5.17. The molecule has 2 saturated carbocycles. The monoisotopic (exact) mass is 264 g/mol. The number of likely N-dealkylation sites (tertiary alicyclic amines) is 1.